The number of benzene rings is 2. The molecule has 6 heteroatoms. The van der Waals surface area contributed by atoms with Crippen LogP contribution in [0.1, 0.15) is 12.5 Å². The van der Waals surface area contributed by atoms with Crippen LogP contribution in [0.3, 0.4) is 0 Å². The fraction of sp³-hybridized carbons (Fsp3) is 0.278. The molecule has 0 saturated heterocycles. The van der Waals surface area contributed by atoms with Crippen molar-refractivity contribution in [3.63, 3.8) is 0 Å². The number of alkyl halides is 2. The summed E-state index contributed by atoms with van der Waals surface area (Å²) < 4.78 is 29.3. The number of rotatable bonds is 5. The Labute approximate surface area is 139 Å². The first-order valence-electron chi connectivity index (χ1n) is 7.73. The molecule has 1 heterocycles. The number of fused-ring (bicyclic) bond motifs is 1. The summed E-state index contributed by atoms with van der Waals surface area (Å²) in [7, 11) is 0. The lowest BCUT2D eigenvalue weighted by atomic mass is 10.1. The predicted octanol–water partition coefficient (Wildman–Crippen LogP) is 3.68. The van der Waals surface area contributed by atoms with Gasteiger partial charge in [0.2, 0.25) is 5.91 Å². The van der Waals surface area contributed by atoms with Crippen molar-refractivity contribution in [2.75, 3.05) is 16.8 Å². The zero-order chi connectivity index (χ0) is 17.1. The Morgan fingerprint density at radius 2 is 1.96 bits per heavy atom. The molecule has 0 radical (unpaired) electrons. The highest BCUT2D eigenvalue weighted by molar-refractivity contribution is 5.95. The van der Waals surface area contributed by atoms with Gasteiger partial charge in [0, 0.05) is 11.7 Å². The number of anilines is 2. The van der Waals surface area contributed by atoms with Gasteiger partial charge in [-0.3, -0.25) is 4.79 Å². The molecule has 1 amide bonds. The van der Waals surface area contributed by atoms with E-state index >= 15 is 0 Å². The van der Waals surface area contributed by atoms with Gasteiger partial charge in [-0.15, -0.1) is 0 Å². The predicted molar refractivity (Wildman–Crippen MR) is 88.7 cm³/mol. The molecule has 0 aromatic heterocycles. The number of hydrogen-bond donors (Lipinski definition) is 1. The quantitative estimate of drug-likeness (QED) is 0.908. The molecule has 1 aliphatic rings. The van der Waals surface area contributed by atoms with Crippen molar-refractivity contribution in [2.24, 2.45) is 0 Å². The number of carbonyl (C=O) groups excluding carboxylic acids is 1. The summed E-state index contributed by atoms with van der Waals surface area (Å²) in [6, 6.07) is 14.3. The Morgan fingerprint density at radius 3 is 2.75 bits per heavy atom. The van der Waals surface area contributed by atoms with Gasteiger partial charge in [-0.2, -0.15) is 8.78 Å². The monoisotopic (exact) mass is 332 g/mol. The molecule has 1 N–H and O–H groups in total. The van der Waals surface area contributed by atoms with E-state index in [-0.39, 0.29) is 29.9 Å². The molecule has 0 fully saturated rings. The number of nitrogens with zero attached hydrogens (tertiary/aromatic N) is 1. The first-order valence-corrected chi connectivity index (χ1v) is 7.73. The van der Waals surface area contributed by atoms with Gasteiger partial charge in [0.15, 0.2) is 0 Å². The molecular weight excluding hydrogens is 314 g/mol. The van der Waals surface area contributed by atoms with Crippen molar-refractivity contribution >= 4 is 17.3 Å². The second-order valence-corrected chi connectivity index (χ2v) is 5.73. The van der Waals surface area contributed by atoms with Crippen molar-refractivity contribution < 1.29 is 18.3 Å². The zero-order valence-electron chi connectivity index (χ0n) is 13.2. The molecule has 0 bridgehead atoms. The first kappa shape index (κ1) is 16.2. The van der Waals surface area contributed by atoms with E-state index in [0.29, 0.717) is 0 Å². The Hall–Kier alpha value is -2.63. The van der Waals surface area contributed by atoms with Gasteiger partial charge in [0.1, 0.15) is 5.75 Å². The number of ether oxygens (including phenoxy) is 1. The second kappa shape index (κ2) is 6.86. The van der Waals surface area contributed by atoms with Crippen molar-refractivity contribution in [3.8, 4) is 5.75 Å². The van der Waals surface area contributed by atoms with Crippen LogP contribution in [-0.4, -0.2) is 25.1 Å². The molecule has 0 saturated carbocycles. The summed E-state index contributed by atoms with van der Waals surface area (Å²) in [5, 5.41) is 2.66. The standard InChI is InChI=1S/C18H18F2N2O2/c1-12-10-13-6-2-4-8-15(13)22(12)11-17(23)21-14-7-3-5-9-16(14)24-18(19)20/h2-9,12,18H,10-11H2,1H3,(H,21,23)/t12-/m0/s1. The largest absolute Gasteiger partial charge is 0.433 e. The van der Waals surface area contributed by atoms with Gasteiger partial charge in [0.25, 0.3) is 0 Å². The summed E-state index contributed by atoms with van der Waals surface area (Å²) in [6.07, 6.45) is 0.883. The molecule has 0 spiro atoms. The van der Waals surface area contributed by atoms with Gasteiger partial charge in [-0.25, -0.2) is 0 Å². The van der Waals surface area contributed by atoms with Crippen LogP contribution in [0.25, 0.3) is 0 Å². The maximum Gasteiger partial charge on any atom is 0.387 e. The third kappa shape index (κ3) is 3.48. The molecule has 1 atom stereocenters. The van der Waals surface area contributed by atoms with E-state index in [2.05, 4.69) is 23.0 Å². The maximum absolute atomic E-state index is 12.4. The molecule has 3 rings (SSSR count). The molecular formula is C18H18F2N2O2. The third-order valence-electron chi connectivity index (χ3n) is 4.04. The average Bonchev–Trinajstić information content (AvgIpc) is 2.85. The lowest BCUT2D eigenvalue weighted by molar-refractivity contribution is -0.115. The van der Waals surface area contributed by atoms with E-state index in [4.69, 9.17) is 0 Å². The number of halogens is 2. The van der Waals surface area contributed by atoms with Crippen molar-refractivity contribution in [1.29, 1.82) is 0 Å². The highest BCUT2D eigenvalue weighted by Gasteiger charge is 2.27. The number of hydrogen-bond acceptors (Lipinski definition) is 3. The van der Waals surface area contributed by atoms with Gasteiger partial charge < -0.3 is 15.0 Å². The van der Waals surface area contributed by atoms with E-state index in [1.807, 2.05) is 23.1 Å². The second-order valence-electron chi connectivity index (χ2n) is 5.73. The van der Waals surface area contributed by atoms with Crippen LogP contribution < -0.4 is 15.0 Å². The summed E-state index contributed by atoms with van der Waals surface area (Å²) in [5.74, 6) is -0.320. The topological polar surface area (TPSA) is 41.6 Å². The van der Waals surface area contributed by atoms with Crippen molar-refractivity contribution in [3.05, 3.63) is 54.1 Å². The summed E-state index contributed by atoms with van der Waals surface area (Å²) >= 11 is 0. The Kier molecular flexibility index (Phi) is 4.64. The number of nitrogens with one attached hydrogen (secondary N) is 1. The number of carbonyl (C=O) groups is 1. The molecule has 0 aliphatic carbocycles. The average molecular weight is 332 g/mol. The highest BCUT2D eigenvalue weighted by atomic mass is 19.3. The minimum Gasteiger partial charge on any atom is -0.433 e. The minimum absolute atomic E-state index is 0.0456. The van der Waals surface area contributed by atoms with Crippen molar-refractivity contribution in [1.82, 2.24) is 0 Å². The van der Waals surface area contributed by atoms with E-state index < -0.39 is 6.61 Å². The van der Waals surface area contributed by atoms with E-state index in [0.717, 1.165) is 12.1 Å². The molecule has 126 valence electrons. The van der Waals surface area contributed by atoms with E-state index in [9.17, 15) is 13.6 Å². The van der Waals surface area contributed by atoms with E-state index in [1.54, 1.807) is 12.1 Å². The first-order chi connectivity index (χ1) is 11.5. The van der Waals surface area contributed by atoms with Crippen LogP contribution in [0.4, 0.5) is 20.2 Å². The Bertz CT molecular complexity index is 736. The summed E-state index contributed by atoms with van der Waals surface area (Å²) in [4.78, 5) is 14.4. The normalized spacial score (nSPS) is 16.2. The maximum atomic E-state index is 12.4. The molecule has 0 unspecified atom stereocenters. The van der Waals surface area contributed by atoms with E-state index in [1.165, 1.54) is 17.7 Å². The molecule has 1 aliphatic heterocycles. The Balaban J connectivity index is 1.71. The fourth-order valence-electron chi connectivity index (χ4n) is 2.98. The minimum atomic E-state index is -2.94. The van der Waals surface area contributed by atoms with Crippen LogP contribution in [0.15, 0.2) is 48.5 Å². The van der Waals surface area contributed by atoms with Gasteiger partial charge in [-0.05, 0) is 37.1 Å². The lowest BCUT2D eigenvalue weighted by Crippen LogP contribution is -2.37. The number of para-hydroxylation sites is 3. The molecule has 2 aromatic carbocycles. The molecule has 4 nitrogen and oxygen atoms in total. The summed E-state index contributed by atoms with van der Waals surface area (Å²) in [5.41, 5.74) is 2.49. The van der Waals surface area contributed by atoms with Crippen molar-refractivity contribution in [2.45, 2.75) is 26.0 Å². The molecule has 24 heavy (non-hydrogen) atoms. The van der Waals surface area contributed by atoms with Crippen LogP contribution in [-0.2, 0) is 11.2 Å². The smallest absolute Gasteiger partial charge is 0.387 e. The van der Waals surface area contributed by atoms with Gasteiger partial charge >= 0.3 is 6.61 Å². The van der Waals surface area contributed by atoms with Crippen LogP contribution in [0, 0.1) is 0 Å². The lowest BCUT2D eigenvalue weighted by Gasteiger charge is -2.24. The van der Waals surface area contributed by atoms with Crippen LogP contribution in [0.2, 0.25) is 0 Å². The fourth-order valence-corrected chi connectivity index (χ4v) is 2.98. The SMILES string of the molecule is C[C@H]1Cc2ccccc2N1CC(=O)Nc1ccccc1OC(F)F. The molecule has 2 aromatic rings. The van der Waals surface area contributed by atoms with Gasteiger partial charge in [0.05, 0.1) is 12.2 Å². The third-order valence-corrected chi connectivity index (χ3v) is 4.04. The Morgan fingerprint density at radius 1 is 1.25 bits per heavy atom. The zero-order valence-corrected chi connectivity index (χ0v) is 13.2. The van der Waals surface area contributed by atoms with Gasteiger partial charge in [-0.1, -0.05) is 30.3 Å². The van der Waals surface area contributed by atoms with Crippen LogP contribution in [0.5, 0.6) is 5.75 Å². The number of amides is 1. The highest BCUT2D eigenvalue weighted by Crippen LogP contribution is 2.32. The summed E-state index contributed by atoms with van der Waals surface area (Å²) in [6.45, 7) is -0.726. The van der Waals surface area contributed by atoms with Crippen LogP contribution >= 0.6 is 0 Å².